The standard InChI is InChI=1S/C11H23NO4/c1-4-11(3,14)9-12-6-7-15-8-10(13)16-5-2/h12,14H,4-9H2,1-3H3. The molecule has 0 bridgehead atoms. The summed E-state index contributed by atoms with van der Waals surface area (Å²) in [6.07, 6.45) is 0.698. The molecule has 0 saturated heterocycles. The van der Waals surface area contributed by atoms with Crippen LogP contribution in [0.5, 0.6) is 0 Å². The van der Waals surface area contributed by atoms with E-state index in [0.29, 0.717) is 32.7 Å². The highest BCUT2D eigenvalue weighted by Crippen LogP contribution is 2.05. The van der Waals surface area contributed by atoms with Gasteiger partial charge in [-0.2, -0.15) is 0 Å². The molecule has 0 aromatic rings. The fourth-order valence-electron chi connectivity index (χ4n) is 0.985. The van der Waals surface area contributed by atoms with E-state index in [0.717, 1.165) is 0 Å². The molecule has 0 rings (SSSR count). The lowest BCUT2D eigenvalue weighted by atomic mass is 10.0. The molecule has 0 spiro atoms. The molecule has 0 aliphatic carbocycles. The fourth-order valence-corrected chi connectivity index (χ4v) is 0.985. The number of aliphatic hydroxyl groups is 1. The van der Waals surface area contributed by atoms with E-state index in [1.807, 2.05) is 6.92 Å². The quantitative estimate of drug-likeness (QED) is 0.443. The first-order valence-corrected chi connectivity index (χ1v) is 5.68. The van der Waals surface area contributed by atoms with Crippen LogP contribution in [0, 0.1) is 0 Å². The van der Waals surface area contributed by atoms with E-state index in [4.69, 9.17) is 9.47 Å². The molecule has 96 valence electrons. The van der Waals surface area contributed by atoms with Crippen molar-refractivity contribution in [2.45, 2.75) is 32.8 Å². The Hall–Kier alpha value is -0.650. The molecule has 5 heteroatoms. The van der Waals surface area contributed by atoms with Crippen LogP contribution >= 0.6 is 0 Å². The van der Waals surface area contributed by atoms with Gasteiger partial charge in [-0.25, -0.2) is 4.79 Å². The van der Waals surface area contributed by atoms with Gasteiger partial charge in [-0.1, -0.05) is 6.92 Å². The molecule has 0 aliphatic rings. The van der Waals surface area contributed by atoms with Crippen LogP contribution < -0.4 is 5.32 Å². The topological polar surface area (TPSA) is 67.8 Å². The molecule has 2 N–H and O–H groups in total. The second-order valence-corrected chi connectivity index (χ2v) is 3.88. The van der Waals surface area contributed by atoms with Crippen LogP contribution in [0.1, 0.15) is 27.2 Å². The van der Waals surface area contributed by atoms with Crippen molar-refractivity contribution in [3.8, 4) is 0 Å². The van der Waals surface area contributed by atoms with Gasteiger partial charge in [-0.15, -0.1) is 0 Å². The van der Waals surface area contributed by atoms with E-state index >= 15 is 0 Å². The van der Waals surface area contributed by atoms with Gasteiger partial charge in [0.25, 0.3) is 0 Å². The Kier molecular flexibility index (Phi) is 8.15. The average molecular weight is 233 g/mol. The summed E-state index contributed by atoms with van der Waals surface area (Å²) in [6, 6.07) is 0. The lowest BCUT2D eigenvalue weighted by Gasteiger charge is -2.21. The summed E-state index contributed by atoms with van der Waals surface area (Å²) in [5.41, 5.74) is -0.679. The second-order valence-electron chi connectivity index (χ2n) is 3.88. The molecular weight excluding hydrogens is 210 g/mol. The summed E-state index contributed by atoms with van der Waals surface area (Å²) in [4.78, 5) is 10.9. The number of nitrogens with one attached hydrogen (secondary N) is 1. The number of ether oxygens (including phenoxy) is 2. The van der Waals surface area contributed by atoms with Crippen LogP contribution in [-0.4, -0.2) is 49.6 Å². The normalized spacial score (nSPS) is 14.5. The average Bonchev–Trinajstić information content (AvgIpc) is 2.23. The molecule has 5 nitrogen and oxygen atoms in total. The Morgan fingerprint density at radius 2 is 2.12 bits per heavy atom. The molecule has 0 radical (unpaired) electrons. The minimum absolute atomic E-state index is 0.0142. The maximum atomic E-state index is 10.9. The predicted molar refractivity (Wildman–Crippen MR) is 61.2 cm³/mol. The molecule has 0 fully saturated rings. The van der Waals surface area contributed by atoms with Crippen LogP contribution in [0.3, 0.4) is 0 Å². The molecule has 0 aliphatic heterocycles. The Morgan fingerprint density at radius 1 is 1.44 bits per heavy atom. The van der Waals surface area contributed by atoms with Crippen molar-refractivity contribution in [1.82, 2.24) is 5.32 Å². The third-order valence-electron chi connectivity index (χ3n) is 2.22. The highest BCUT2D eigenvalue weighted by atomic mass is 16.6. The molecule has 0 heterocycles. The largest absolute Gasteiger partial charge is 0.464 e. The number of esters is 1. The summed E-state index contributed by atoms with van der Waals surface area (Å²) in [5, 5.41) is 12.7. The van der Waals surface area contributed by atoms with Crippen molar-refractivity contribution < 1.29 is 19.4 Å². The fraction of sp³-hybridized carbons (Fsp3) is 0.909. The zero-order valence-corrected chi connectivity index (χ0v) is 10.4. The maximum absolute atomic E-state index is 10.9. The summed E-state index contributed by atoms with van der Waals surface area (Å²) in [6.45, 7) is 7.38. The minimum Gasteiger partial charge on any atom is -0.464 e. The number of hydrogen-bond donors (Lipinski definition) is 2. The Morgan fingerprint density at radius 3 is 2.69 bits per heavy atom. The van der Waals surface area contributed by atoms with Gasteiger partial charge in [0.05, 0.1) is 18.8 Å². The molecule has 0 aromatic heterocycles. The highest BCUT2D eigenvalue weighted by molar-refractivity contribution is 5.70. The molecular formula is C11H23NO4. The number of hydrogen-bond acceptors (Lipinski definition) is 5. The van der Waals surface area contributed by atoms with E-state index in [1.165, 1.54) is 0 Å². The first kappa shape index (κ1) is 15.3. The van der Waals surface area contributed by atoms with Crippen LogP contribution in [0.4, 0.5) is 0 Å². The molecule has 1 unspecified atom stereocenters. The monoisotopic (exact) mass is 233 g/mol. The second kappa shape index (κ2) is 8.50. The molecule has 0 amide bonds. The third-order valence-corrected chi connectivity index (χ3v) is 2.22. The number of carbonyl (C=O) groups excluding carboxylic acids is 1. The van der Waals surface area contributed by atoms with Gasteiger partial charge < -0.3 is 19.9 Å². The van der Waals surface area contributed by atoms with Crippen molar-refractivity contribution in [3.05, 3.63) is 0 Å². The summed E-state index contributed by atoms with van der Waals surface area (Å²) >= 11 is 0. The van der Waals surface area contributed by atoms with Crippen molar-refractivity contribution in [2.75, 3.05) is 32.9 Å². The molecule has 0 saturated carbocycles. The van der Waals surface area contributed by atoms with Crippen molar-refractivity contribution >= 4 is 5.97 Å². The SMILES string of the molecule is CCOC(=O)COCCNCC(C)(O)CC. The van der Waals surface area contributed by atoms with Crippen molar-refractivity contribution in [1.29, 1.82) is 0 Å². The molecule has 1 atom stereocenters. The van der Waals surface area contributed by atoms with Gasteiger partial charge in [0.15, 0.2) is 0 Å². The Labute approximate surface area is 97.1 Å². The van der Waals surface area contributed by atoms with Crippen LogP contribution in [0.2, 0.25) is 0 Å². The zero-order valence-electron chi connectivity index (χ0n) is 10.4. The van der Waals surface area contributed by atoms with Gasteiger partial charge in [0, 0.05) is 13.1 Å². The predicted octanol–water partition coefficient (Wildman–Crippen LogP) is 0.317. The van der Waals surface area contributed by atoms with Crippen LogP contribution in [0.25, 0.3) is 0 Å². The molecule has 0 aromatic carbocycles. The summed E-state index contributed by atoms with van der Waals surface area (Å²) in [7, 11) is 0. The minimum atomic E-state index is -0.679. The van der Waals surface area contributed by atoms with E-state index in [2.05, 4.69) is 5.32 Å². The first-order valence-electron chi connectivity index (χ1n) is 5.68. The maximum Gasteiger partial charge on any atom is 0.332 e. The van der Waals surface area contributed by atoms with Gasteiger partial charge in [0.1, 0.15) is 6.61 Å². The summed E-state index contributed by atoms with van der Waals surface area (Å²) < 4.78 is 9.77. The highest BCUT2D eigenvalue weighted by Gasteiger charge is 2.15. The van der Waals surface area contributed by atoms with Crippen molar-refractivity contribution in [3.63, 3.8) is 0 Å². The lowest BCUT2D eigenvalue weighted by molar-refractivity contribution is -0.148. The van der Waals surface area contributed by atoms with E-state index in [-0.39, 0.29) is 12.6 Å². The van der Waals surface area contributed by atoms with Crippen molar-refractivity contribution in [2.24, 2.45) is 0 Å². The van der Waals surface area contributed by atoms with Gasteiger partial charge in [-0.3, -0.25) is 0 Å². The van der Waals surface area contributed by atoms with Crippen LogP contribution in [0.15, 0.2) is 0 Å². The van der Waals surface area contributed by atoms with E-state index in [1.54, 1.807) is 13.8 Å². The summed E-state index contributed by atoms with van der Waals surface area (Å²) in [5.74, 6) is -0.344. The number of rotatable bonds is 9. The van der Waals surface area contributed by atoms with Gasteiger partial charge in [0.2, 0.25) is 0 Å². The van der Waals surface area contributed by atoms with E-state index in [9.17, 15) is 9.90 Å². The smallest absolute Gasteiger partial charge is 0.332 e. The lowest BCUT2D eigenvalue weighted by Crippen LogP contribution is -2.38. The molecule has 16 heavy (non-hydrogen) atoms. The third kappa shape index (κ3) is 8.64. The van der Waals surface area contributed by atoms with Gasteiger partial charge >= 0.3 is 5.97 Å². The zero-order chi connectivity index (χ0) is 12.4. The Balaban J connectivity index is 3.31. The number of carbonyl (C=O) groups is 1. The Bertz CT molecular complexity index is 194. The van der Waals surface area contributed by atoms with Gasteiger partial charge in [-0.05, 0) is 20.3 Å². The first-order chi connectivity index (χ1) is 7.52. The van der Waals surface area contributed by atoms with Crippen LogP contribution in [-0.2, 0) is 14.3 Å². The van der Waals surface area contributed by atoms with E-state index < -0.39 is 5.60 Å².